The SMILES string of the molecule is CCN(CC(=O)Nc1ccc(OC)c(Cl)c1)S(=O)(=O)c1ccc2ccccc2c1. The van der Waals surface area contributed by atoms with Crippen LogP contribution in [0.2, 0.25) is 5.02 Å². The molecule has 152 valence electrons. The van der Waals surface area contributed by atoms with E-state index >= 15 is 0 Å². The number of hydrogen-bond acceptors (Lipinski definition) is 4. The second-order valence-corrected chi connectivity index (χ2v) is 8.68. The van der Waals surface area contributed by atoms with Crippen LogP contribution in [0.5, 0.6) is 5.75 Å². The number of likely N-dealkylation sites (N-methyl/N-ethyl adjacent to an activating group) is 1. The lowest BCUT2D eigenvalue weighted by Crippen LogP contribution is -2.37. The summed E-state index contributed by atoms with van der Waals surface area (Å²) >= 11 is 6.06. The molecule has 0 radical (unpaired) electrons. The molecule has 3 rings (SSSR count). The molecule has 8 heteroatoms. The Labute approximate surface area is 175 Å². The summed E-state index contributed by atoms with van der Waals surface area (Å²) in [6.07, 6.45) is 0. The molecule has 1 N–H and O–H groups in total. The molecule has 0 unspecified atom stereocenters. The molecule has 3 aromatic carbocycles. The molecule has 0 heterocycles. The maximum absolute atomic E-state index is 13.0. The zero-order valence-electron chi connectivity index (χ0n) is 16.1. The number of rotatable bonds is 7. The molecule has 0 saturated heterocycles. The lowest BCUT2D eigenvalue weighted by molar-refractivity contribution is -0.116. The highest BCUT2D eigenvalue weighted by Crippen LogP contribution is 2.27. The van der Waals surface area contributed by atoms with Crippen molar-refractivity contribution >= 4 is 44.0 Å². The molecule has 0 atom stereocenters. The van der Waals surface area contributed by atoms with Crippen molar-refractivity contribution in [3.8, 4) is 5.75 Å². The van der Waals surface area contributed by atoms with Gasteiger partial charge in [-0.05, 0) is 41.1 Å². The average Bonchev–Trinajstić information content (AvgIpc) is 2.71. The second kappa shape index (κ2) is 8.82. The fourth-order valence-electron chi connectivity index (χ4n) is 2.95. The lowest BCUT2D eigenvalue weighted by atomic mass is 10.1. The Bertz CT molecular complexity index is 1150. The number of fused-ring (bicyclic) bond motifs is 1. The number of nitrogens with zero attached hydrogens (tertiary/aromatic N) is 1. The van der Waals surface area contributed by atoms with Crippen molar-refractivity contribution in [2.75, 3.05) is 25.5 Å². The second-order valence-electron chi connectivity index (χ2n) is 6.34. The quantitative estimate of drug-likeness (QED) is 0.608. The number of sulfonamides is 1. The first kappa shape index (κ1) is 21.1. The molecule has 0 aliphatic heterocycles. The summed E-state index contributed by atoms with van der Waals surface area (Å²) in [7, 11) is -2.33. The van der Waals surface area contributed by atoms with Crippen molar-refractivity contribution in [3.63, 3.8) is 0 Å². The summed E-state index contributed by atoms with van der Waals surface area (Å²) in [4.78, 5) is 12.6. The van der Waals surface area contributed by atoms with E-state index in [9.17, 15) is 13.2 Å². The fraction of sp³-hybridized carbons (Fsp3) is 0.190. The minimum absolute atomic E-state index is 0.151. The Morgan fingerprint density at radius 1 is 1.07 bits per heavy atom. The van der Waals surface area contributed by atoms with Gasteiger partial charge in [0.15, 0.2) is 0 Å². The number of halogens is 1. The van der Waals surface area contributed by atoms with Crippen LogP contribution < -0.4 is 10.1 Å². The molecule has 6 nitrogen and oxygen atoms in total. The third kappa shape index (κ3) is 4.70. The van der Waals surface area contributed by atoms with Gasteiger partial charge in [-0.2, -0.15) is 4.31 Å². The van der Waals surface area contributed by atoms with Gasteiger partial charge in [0.2, 0.25) is 15.9 Å². The molecule has 3 aromatic rings. The Balaban J connectivity index is 1.78. The number of amides is 1. The Morgan fingerprint density at radius 3 is 2.45 bits per heavy atom. The molecule has 0 spiro atoms. The molecule has 0 bridgehead atoms. The largest absolute Gasteiger partial charge is 0.495 e. The summed E-state index contributed by atoms with van der Waals surface area (Å²) in [5.74, 6) is 0.0242. The van der Waals surface area contributed by atoms with Crippen LogP contribution in [0.15, 0.2) is 65.6 Å². The van der Waals surface area contributed by atoms with Crippen LogP contribution in [0, 0.1) is 0 Å². The molecule has 0 aromatic heterocycles. The monoisotopic (exact) mass is 432 g/mol. The van der Waals surface area contributed by atoms with Crippen molar-refractivity contribution in [2.24, 2.45) is 0 Å². The van der Waals surface area contributed by atoms with Crippen LogP contribution in [-0.2, 0) is 14.8 Å². The first-order valence-corrected chi connectivity index (χ1v) is 10.8. The minimum atomic E-state index is -3.82. The Kier molecular flexibility index (Phi) is 6.42. The number of hydrogen-bond donors (Lipinski definition) is 1. The van der Waals surface area contributed by atoms with E-state index in [0.29, 0.717) is 16.5 Å². The smallest absolute Gasteiger partial charge is 0.243 e. The van der Waals surface area contributed by atoms with Crippen LogP contribution >= 0.6 is 11.6 Å². The molecule has 0 aliphatic rings. The van der Waals surface area contributed by atoms with Crippen molar-refractivity contribution < 1.29 is 17.9 Å². The summed E-state index contributed by atoms with van der Waals surface area (Å²) in [5.41, 5.74) is 0.458. The summed E-state index contributed by atoms with van der Waals surface area (Å²) in [6, 6.07) is 17.3. The predicted molar refractivity (Wildman–Crippen MR) is 115 cm³/mol. The van der Waals surface area contributed by atoms with Crippen LogP contribution in [0.1, 0.15) is 6.92 Å². The van der Waals surface area contributed by atoms with Crippen molar-refractivity contribution in [2.45, 2.75) is 11.8 Å². The van der Waals surface area contributed by atoms with Crippen molar-refractivity contribution in [1.29, 1.82) is 0 Å². The van der Waals surface area contributed by atoms with E-state index in [1.54, 1.807) is 43.3 Å². The minimum Gasteiger partial charge on any atom is -0.495 e. The van der Waals surface area contributed by atoms with E-state index in [1.807, 2.05) is 24.3 Å². The molecule has 29 heavy (non-hydrogen) atoms. The highest BCUT2D eigenvalue weighted by Gasteiger charge is 2.25. The maximum atomic E-state index is 13.0. The van der Waals surface area contributed by atoms with Gasteiger partial charge in [0.25, 0.3) is 0 Å². The first-order valence-electron chi connectivity index (χ1n) is 8.97. The number of methoxy groups -OCH3 is 1. The molecule has 0 aliphatic carbocycles. The van der Waals surface area contributed by atoms with Gasteiger partial charge in [0, 0.05) is 12.2 Å². The van der Waals surface area contributed by atoms with Gasteiger partial charge in [-0.1, -0.05) is 48.9 Å². The molecular weight excluding hydrogens is 412 g/mol. The zero-order valence-corrected chi connectivity index (χ0v) is 17.6. The Morgan fingerprint density at radius 2 is 1.79 bits per heavy atom. The number of benzene rings is 3. The van der Waals surface area contributed by atoms with Crippen LogP contribution in [0.3, 0.4) is 0 Å². The zero-order chi connectivity index (χ0) is 21.0. The maximum Gasteiger partial charge on any atom is 0.243 e. The number of anilines is 1. The summed E-state index contributed by atoms with van der Waals surface area (Å²) in [6.45, 7) is 1.54. The number of carbonyl (C=O) groups is 1. The van der Waals surface area contributed by atoms with Gasteiger partial charge < -0.3 is 10.1 Å². The van der Waals surface area contributed by atoms with E-state index in [-0.39, 0.29) is 18.0 Å². The summed E-state index contributed by atoms with van der Waals surface area (Å²) in [5, 5.41) is 4.78. The third-order valence-corrected chi connectivity index (χ3v) is 6.68. The van der Waals surface area contributed by atoms with E-state index in [4.69, 9.17) is 16.3 Å². The normalized spacial score (nSPS) is 11.6. The molecular formula is C21H21ClN2O4S. The third-order valence-electron chi connectivity index (χ3n) is 4.47. The molecule has 0 fully saturated rings. The lowest BCUT2D eigenvalue weighted by Gasteiger charge is -2.20. The average molecular weight is 433 g/mol. The number of nitrogens with one attached hydrogen (secondary N) is 1. The van der Waals surface area contributed by atoms with E-state index in [2.05, 4.69) is 5.32 Å². The fourth-order valence-corrected chi connectivity index (χ4v) is 4.65. The first-order chi connectivity index (χ1) is 13.8. The highest BCUT2D eigenvalue weighted by molar-refractivity contribution is 7.89. The standard InChI is InChI=1S/C21H21ClN2O4S/c1-3-24(14-21(25)23-17-9-11-20(28-2)19(22)13-17)29(26,27)18-10-8-15-6-4-5-7-16(15)12-18/h4-13H,3,14H2,1-2H3,(H,23,25). The van der Waals surface area contributed by atoms with Gasteiger partial charge in [-0.25, -0.2) is 8.42 Å². The van der Waals surface area contributed by atoms with Gasteiger partial charge in [0.05, 0.1) is 23.6 Å². The highest BCUT2D eigenvalue weighted by atomic mass is 35.5. The van der Waals surface area contributed by atoms with Crippen LogP contribution in [-0.4, -0.2) is 38.8 Å². The van der Waals surface area contributed by atoms with Gasteiger partial charge in [-0.15, -0.1) is 0 Å². The van der Waals surface area contributed by atoms with Gasteiger partial charge >= 0.3 is 0 Å². The van der Waals surface area contributed by atoms with E-state index < -0.39 is 15.9 Å². The van der Waals surface area contributed by atoms with Gasteiger partial charge in [-0.3, -0.25) is 4.79 Å². The van der Waals surface area contributed by atoms with E-state index in [0.717, 1.165) is 15.1 Å². The molecule has 0 saturated carbocycles. The van der Waals surface area contributed by atoms with Crippen molar-refractivity contribution in [1.82, 2.24) is 4.31 Å². The van der Waals surface area contributed by atoms with E-state index in [1.165, 1.54) is 7.11 Å². The molecule has 1 amide bonds. The Hall–Kier alpha value is -2.61. The summed E-state index contributed by atoms with van der Waals surface area (Å²) < 4.78 is 32.3. The topological polar surface area (TPSA) is 75.7 Å². The predicted octanol–water partition coefficient (Wildman–Crippen LogP) is 4.15. The van der Waals surface area contributed by atoms with Crippen molar-refractivity contribution in [3.05, 3.63) is 65.7 Å². The number of carbonyl (C=O) groups excluding carboxylic acids is 1. The number of ether oxygens (including phenoxy) is 1. The van der Waals surface area contributed by atoms with Crippen LogP contribution in [0.25, 0.3) is 10.8 Å². The van der Waals surface area contributed by atoms with Crippen LogP contribution in [0.4, 0.5) is 5.69 Å². The van der Waals surface area contributed by atoms with Gasteiger partial charge in [0.1, 0.15) is 5.75 Å².